The Morgan fingerprint density at radius 1 is 0.800 bits per heavy atom. The summed E-state index contributed by atoms with van der Waals surface area (Å²) in [5.74, 6) is 0.336. The monoisotopic (exact) mass is 286 g/mol. The van der Waals surface area contributed by atoms with Crippen molar-refractivity contribution in [2.75, 3.05) is 26.4 Å². The summed E-state index contributed by atoms with van der Waals surface area (Å²) >= 11 is 0. The molecule has 20 heavy (non-hydrogen) atoms. The molecule has 0 aliphatic heterocycles. The maximum absolute atomic E-state index is 11.6. The molecule has 120 valence electrons. The van der Waals surface area contributed by atoms with Gasteiger partial charge in [-0.3, -0.25) is 4.79 Å². The summed E-state index contributed by atoms with van der Waals surface area (Å²) in [7, 11) is 0. The van der Waals surface area contributed by atoms with Gasteiger partial charge in [-0.1, -0.05) is 41.5 Å². The Morgan fingerprint density at radius 3 is 1.85 bits per heavy atom. The molecule has 0 saturated carbocycles. The van der Waals surface area contributed by atoms with Gasteiger partial charge in [-0.25, -0.2) is 0 Å². The van der Waals surface area contributed by atoms with E-state index in [4.69, 9.17) is 9.47 Å². The van der Waals surface area contributed by atoms with Gasteiger partial charge in [-0.2, -0.15) is 0 Å². The largest absolute Gasteiger partial charge is 0.379 e. The third kappa shape index (κ3) is 15.6. The van der Waals surface area contributed by atoms with E-state index >= 15 is 0 Å². The van der Waals surface area contributed by atoms with Gasteiger partial charge in [0.1, 0.15) is 5.78 Å². The fourth-order valence-corrected chi connectivity index (χ4v) is 1.75. The van der Waals surface area contributed by atoms with Crippen LogP contribution >= 0.6 is 0 Å². The molecular weight excluding hydrogens is 252 g/mol. The van der Waals surface area contributed by atoms with E-state index in [0.29, 0.717) is 43.9 Å². The van der Waals surface area contributed by atoms with Crippen LogP contribution in [0, 0.1) is 10.8 Å². The Hall–Kier alpha value is -0.410. The molecule has 0 saturated heterocycles. The lowest BCUT2D eigenvalue weighted by Gasteiger charge is -2.17. The summed E-state index contributed by atoms with van der Waals surface area (Å²) in [6, 6.07) is 0. The molecule has 3 nitrogen and oxygen atoms in total. The highest BCUT2D eigenvalue weighted by atomic mass is 16.5. The fraction of sp³-hybridized carbons (Fsp3) is 0.941. The van der Waals surface area contributed by atoms with E-state index in [1.165, 1.54) is 0 Å². The highest BCUT2D eigenvalue weighted by Gasteiger charge is 2.15. The highest BCUT2D eigenvalue weighted by molar-refractivity contribution is 5.78. The maximum Gasteiger partial charge on any atom is 0.133 e. The van der Waals surface area contributed by atoms with Gasteiger partial charge in [0.15, 0.2) is 0 Å². The van der Waals surface area contributed by atoms with Crippen LogP contribution in [-0.4, -0.2) is 32.2 Å². The molecule has 0 aliphatic rings. The molecule has 0 amide bonds. The molecule has 0 unspecified atom stereocenters. The van der Waals surface area contributed by atoms with E-state index in [0.717, 1.165) is 19.4 Å². The standard InChI is InChI=1S/C17H34O3/c1-16(2,3)9-11-20-13-12-19-10-7-8-15(18)14-17(4,5)6/h7-14H2,1-6H3. The van der Waals surface area contributed by atoms with Crippen LogP contribution in [0.25, 0.3) is 0 Å². The second kappa shape index (κ2) is 9.51. The summed E-state index contributed by atoms with van der Waals surface area (Å²) in [6.07, 6.45) is 3.16. The molecule has 0 bridgehead atoms. The lowest BCUT2D eigenvalue weighted by atomic mass is 9.89. The first-order chi connectivity index (χ1) is 9.10. The lowest BCUT2D eigenvalue weighted by Crippen LogP contribution is -2.14. The van der Waals surface area contributed by atoms with E-state index in [-0.39, 0.29) is 5.41 Å². The summed E-state index contributed by atoms with van der Waals surface area (Å²) in [5, 5.41) is 0. The van der Waals surface area contributed by atoms with Crippen LogP contribution in [0.2, 0.25) is 0 Å². The number of ketones is 1. The van der Waals surface area contributed by atoms with Gasteiger partial charge in [0.05, 0.1) is 13.2 Å². The number of carbonyl (C=O) groups excluding carboxylic acids is 1. The predicted molar refractivity (Wildman–Crippen MR) is 84.0 cm³/mol. The first-order valence-electron chi connectivity index (χ1n) is 7.77. The Morgan fingerprint density at radius 2 is 1.35 bits per heavy atom. The number of rotatable bonds is 10. The molecule has 0 atom stereocenters. The molecule has 0 aromatic rings. The van der Waals surface area contributed by atoms with Crippen molar-refractivity contribution in [3.63, 3.8) is 0 Å². The molecule has 0 aromatic carbocycles. The van der Waals surface area contributed by atoms with Crippen molar-refractivity contribution in [2.45, 2.75) is 67.2 Å². The number of ether oxygens (including phenoxy) is 2. The molecule has 0 N–H and O–H groups in total. The zero-order chi connectivity index (χ0) is 15.6. The summed E-state index contributed by atoms with van der Waals surface area (Å²) < 4.78 is 11.0. The van der Waals surface area contributed by atoms with Gasteiger partial charge >= 0.3 is 0 Å². The number of hydrogen-bond acceptors (Lipinski definition) is 3. The molecule has 0 aliphatic carbocycles. The SMILES string of the molecule is CC(C)(C)CCOCCOCCCC(=O)CC(C)(C)C. The predicted octanol–water partition coefficient (Wildman–Crippen LogP) is 4.24. The van der Waals surface area contributed by atoms with E-state index in [1.54, 1.807) is 0 Å². The molecule has 0 aromatic heterocycles. The van der Waals surface area contributed by atoms with Crippen LogP contribution < -0.4 is 0 Å². The van der Waals surface area contributed by atoms with Crippen molar-refractivity contribution in [3.05, 3.63) is 0 Å². The average Bonchev–Trinajstić information content (AvgIpc) is 2.22. The van der Waals surface area contributed by atoms with E-state index in [2.05, 4.69) is 41.5 Å². The smallest absolute Gasteiger partial charge is 0.133 e. The molecular formula is C17H34O3. The van der Waals surface area contributed by atoms with Crippen LogP contribution in [0.4, 0.5) is 0 Å². The minimum atomic E-state index is 0.0961. The maximum atomic E-state index is 11.6. The van der Waals surface area contributed by atoms with Gasteiger partial charge in [-0.15, -0.1) is 0 Å². The van der Waals surface area contributed by atoms with Crippen LogP contribution in [0.15, 0.2) is 0 Å². The van der Waals surface area contributed by atoms with Gasteiger partial charge in [0, 0.05) is 26.1 Å². The van der Waals surface area contributed by atoms with Crippen LogP contribution in [0.5, 0.6) is 0 Å². The number of hydrogen-bond donors (Lipinski definition) is 0. The summed E-state index contributed by atoms with van der Waals surface area (Å²) in [6.45, 7) is 15.6. The highest BCUT2D eigenvalue weighted by Crippen LogP contribution is 2.20. The van der Waals surface area contributed by atoms with E-state index in [1.807, 2.05) is 0 Å². The molecule has 3 heteroatoms. The topological polar surface area (TPSA) is 35.5 Å². The number of carbonyl (C=O) groups is 1. The van der Waals surface area contributed by atoms with Crippen LogP contribution in [0.1, 0.15) is 67.2 Å². The van der Waals surface area contributed by atoms with Gasteiger partial charge in [-0.05, 0) is 23.7 Å². The molecule has 0 fully saturated rings. The molecule has 0 heterocycles. The van der Waals surface area contributed by atoms with E-state index < -0.39 is 0 Å². The zero-order valence-corrected chi connectivity index (χ0v) is 14.4. The Labute approximate surface area is 125 Å². The van der Waals surface area contributed by atoms with Gasteiger partial charge in [0.25, 0.3) is 0 Å². The van der Waals surface area contributed by atoms with Crippen molar-refractivity contribution < 1.29 is 14.3 Å². The second-order valence-electron chi connectivity index (χ2n) is 7.92. The normalized spacial score (nSPS) is 12.7. The third-order valence-electron chi connectivity index (χ3n) is 2.84. The summed E-state index contributed by atoms with van der Waals surface area (Å²) in [5.41, 5.74) is 0.424. The van der Waals surface area contributed by atoms with Crippen molar-refractivity contribution >= 4 is 5.78 Å². The molecule has 0 radical (unpaired) electrons. The Bertz CT molecular complexity index is 258. The second-order valence-corrected chi connectivity index (χ2v) is 7.92. The minimum Gasteiger partial charge on any atom is -0.379 e. The quantitative estimate of drug-likeness (QED) is 0.563. The molecule has 0 spiro atoms. The van der Waals surface area contributed by atoms with Gasteiger partial charge in [0.2, 0.25) is 0 Å². The van der Waals surface area contributed by atoms with Gasteiger partial charge < -0.3 is 9.47 Å². The fourth-order valence-electron chi connectivity index (χ4n) is 1.75. The van der Waals surface area contributed by atoms with Crippen molar-refractivity contribution in [1.82, 2.24) is 0 Å². The average molecular weight is 286 g/mol. The zero-order valence-electron chi connectivity index (χ0n) is 14.4. The summed E-state index contributed by atoms with van der Waals surface area (Å²) in [4.78, 5) is 11.6. The first-order valence-corrected chi connectivity index (χ1v) is 7.77. The first kappa shape index (κ1) is 19.6. The van der Waals surface area contributed by atoms with Crippen molar-refractivity contribution in [1.29, 1.82) is 0 Å². The van der Waals surface area contributed by atoms with E-state index in [9.17, 15) is 4.79 Å². The Balaban J connectivity index is 3.31. The third-order valence-corrected chi connectivity index (χ3v) is 2.84. The van der Waals surface area contributed by atoms with Crippen molar-refractivity contribution in [3.8, 4) is 0 Å². The number of Topliss-reactive ketones (excluding diaryl/α,β-unsaturated/α-hetero) is 1. The Kier molecular flexibility index (Phi) is 9.32. The molecule has 0 rings (SSSR count). The lowest BCUT2D eigenvalue weighted by molar-refractivity contribution is -0.121. The van der Waals surface area contributed by atoms with Crippen LogP contribution in [0.3, 0.4) is 0 Å². The van der Waals surface area contributed by atoms with Crippen molar-refractivity contribution in [2.24, 2.45) is 10.8 Å². The minimum absolute atomic E-state index is 0.0961. The van der Waals surface area contributed by atoms with Crippen LogP contribution in [-0.2, 0) is 14.3 Å².